The van der Waals surface area contributed by atoms with E-state index in [4.69, 9.17) is 15.6 Å². The maximum Gasteiger partial charge on any atom is 0.387 e. The third-order valence-corrected chi connectivity index (χ3v) is 4.99. The molecule has 2 aliphatic rings. The molecule has 6 nitrogen and oxygen atoms in total. The summed E-state index contributed by atoms with van der Waals surface area (Å²) >= 11 is 0. The number of pyridine rings is 1. The van der Waals surface area contributed by atoms with Crippen LogP contribution >= 0.6 is 0 Å². The Bertz CT molecular complexity index is 879. The molecule has 0 bridgehead atoms. The zero-order chi connectivity index (χ0) is 19.1. The second kappa shape index (κ2) is 6.92. The Morgan fingerprint density at radius 3 is 2.89 bits per heavy atom. The molecule has 144 valence electrons. The van der Waals surface area contributed by atoms with Gasteiger partial charge in [-0.25, -0.2) is 4.98 Å². The Morgan fingerprint density at radius 1 is 1.33 bits per heavy atom. The highest BCUT2D eigenvalue weighted by atomic mass is 19.3. The van der Waals surface area contributed by atoms with Gasteiger partial charge in [-0.15, -0.1) is 0 Å². The van der Waals surface area contributed by atoms with Crippen molar-refractivity contribution >= 4 is 5.82 Å². The number of nitrogens with two attached hydrogens (primary N) is 1. The van der Waals surface area contributed by atoms with Gasteiger partial charge in [-0.3, -0.25) is 4.68 Å². The predicted molar refractivity (Wildman–Crippen MR) is 96.6 cm³/mol. The van der Waals surface area contributed by atoms with Crippen molar-refractivity contribution in [1.82, 2.24) is 14.8 Å². The van der Waals surface area contributed by atoms with E-state index in [1.807, 2.05) is 10.7 Å². The SMILES string of the molecule is CC(C)n1nc(-c2cnc(N)c(OC(F)F)c2)cc1C1C2=CCCOCC21. The van der Waals surface area contributed by atoms with E-state index in [0.29, 0.717) is 23.1 Å². The van der Waals surface area contributed by atoms with E-state index in [-0.39, 0.29) is 17.6 Å². The highest BCUT2D eigenvalue weighted by Gasteiger charge is 2.47. The lowest BCUT2D eigenvalue weighted by Crippen LogP contribution is -2.08. The van der Waals surface area contributed by atoms with Crippen molar-refractivity contribution in [1.29, 1.82) is 0 Å². The van der Waals surface area contributed by atoms with Crippen molar-refractivity contribution < 1.29 is 18.3 Å². The molecule has 2 N–H and O–H groups in total. The zero-order valence-corrected chi connectivity index (χ0v) is 15.2. The lowest BCUT2D eigenvalue weighted by molar-refractivity contribution is -0.0494. The van der Waals surface area contributed by atoms with Crippen molar-refractivity contribution in [2.75, 3.05) is 18.9 Å². The van der Waals surface area contributed by atoms with Crippen molar-refractivity contribution in [2.24, 2.45) is 5.92 Å². The maximum atomic E-state index is 12.6. The van der Waals surface area contributed by atoms with Gasteiger partial charge in [-0.2, -0.15) is 13.9 Å². The summed E-state index contributed by atoms with van der Waals surface area (Å²) in [5.74, 6) is 0.481. The number of fused-ring (bicyclic) bond motifs is 1. The van der Waals surface area contributed by atoms with Crippen molar-refractivity contribution in [3.63, 3.8) is 0 Å². The minimum atomic E-state index is -2.96. The number of anilines is 1. The van der Waals surface area contributed by atoms with E-state index in [1.54, 1.807) is 0 Å². The molecule has 1 aliphatic carbocycles. The first-order chi connectivity index (χ1) is 13.0. The molecular weight excluding hydrogens is 354 g/mol. The Hall–Kier alpha value is -2.48. The summed E-state index contributed by atoms with van der Waals surface area (Å²) in [5.41, 5.74) is 9.39. The number of aromatic nitrogens is 3. The quantitative estimate of drug-likeness (QED) is 0.804. The highest BCUT2D eigenvalue weighted by Crippen LogP contribution is 2.55. The topological polar surface area (TPSA) is 75.2 Å². The van der Waals surface area contributed by atoms with Gasteiger partial charge < -0.3 is 15.2 Å². The molecule has 1 saturated carbocycles. The number of hydrogen-bond acceptors (Lipinski definition) is 5. The van der Waals surface area contributed by atoms with Crippen LogP contribution in [0.2, 0.25) is 0 Å². The Morgan fingerprint density at radius 2 is 2.15 bits per heavy atom. The second-order valence-corrected chi connectivity index (χ2v) is 7.13. The van der Waals surface area contributed by atoms with Gasteiger partial charge in [0, 0.05) is 35.3 Å². The van der Waals surface area contributed by atoms with E-state index in [1.165, 1.54) is 17.8 Å². The summed E-state index contributed by atoms with van der Waals surface area (Å²) in [6, 6.07) is 3.62. The second-order valence-electron chi connectivity index (χ2n) is 7.13. The first-order valence-electron chi connectivity index (χ1n) is 9.03. The van der Waals surface area contributed by atoms with Crippen molar-refractivity contribution in [3.8, 4) is 17.0 Å². The lowest BCUT2D eigenvalue weighted by Gasteiger charge is -2.11. The molecule has 0 aromatic carbocycles. The largest absolute Gasteiger partial charge is 0.431 e. The molecular formula is C19H22F2N4O2. The fourth-order valence-corrected chi connectivity index (χ4v) is 3.69. The molecule has 1 fully saturated rings. The molecule has 8 heteroatoms. The summed E-state index contributed by atoms with van der Waals surface area (Å²) in [6.45, 7) is 2.67. The molecule has 3 heterocycles. The van der Waals surface area contributed by atoms with E-state index < -0.39 is 6.61 Å². The van der Waals surface area contributed by atoms with Crippen LogP contribution in [0.5, 0.6) is 5.75 Å². The fraction of sp³-hybridized carbons (Fsp3) is 0.474. The number of alkyl halides is 2. The molecule has 0 amide bonds. The Kier molecular flexibility index (Phi) is 4.59. The number of halogens is 2. The van der Waals surface area contributed by atoms with Crippen LogP contribution in [0, 0.1) is 5.92 Å². The van der Waals surface area contributed by atoms with Gasteiger partial charge in [-0.05, 0) is 32.4 Å². The van der Waals surface area contributed by atoms with Crippen LogP contribution in [0.25, 0.3) is 11.3 Å². The van der Waals surface area contributed by atoms with E-state index in [2.05, 4.69) is 29.6 Å². The number of hydrogen-bond donors (Lipinski definition) is 1. The number of nitrogens with zero attached hydrogens (tertiary/aromatic N) is 3. The molecule has 2 atom stereocenters. The van der Waals surface area contributed by atoms with Crippen LogP contribution in [0.3, 0.4) is 0 Å². The van der Waals surface area contributed by atoms with E-state index in [0.717, 1.165) is 25.3 Å². The van der Waals surface area contributed by atoms with Crippen LogP contribution in [0.1, 0.15) is 37.9 Å². The molecule has 2 unspecified atom stereocenters. The van der Waals surface area contributed by atoms with E-state index >= 15 is 0 Å². The van der Waals surface area contributed by atoms with Crippen LogP contribution < -0.4 is 10.5 Å². The minimum Gasteiger partial charge on any atom is -0.431 e. The molecule has 2 aromatic heterocycles. The summed E-state index contributed by atoms with van der Waals surface area (Å²) in [7, 11) is 0. The van der Waals surface area contributed by atoms with Crippen molar-refractivity contribution in [2.45, 2.75) is 38.8 Å². The van der Waals surface area contributed by atoms with Crippen molar-refractivity contribution in [3.05, 3.63) is 35.7 Å². The summed E-state index contributed by atoms with van der Waals surface area (Å²) in [5, 5.41) is 4.70. The van der Waals surface area contributed by atoms with Crippen LogP contribution in [0.4, 0.5) is 14.6 Å². The first kappa shape index (κ1) is 17.9. The zero-order valence-electron chi connectivity index (χ0n) is 15.2. The Balaban J connectivity index is 1.70. The highest BCUT2D eigenvalue weighted by molar-refractivity contribution is 5.65. The number of ether oxygens (including phenoxy) is 2. The normalized spacial score (nSPS) is 21.8. The molecule has 27 heavy (non-hydrogen) atoms. The van der Waals surface area contributed by atoms with E-state index in [9.17, 15) is 8.78 Å². The number of rotatable bonds is 5. The third kappa shape index (κ3) is 3.41. The number of nitrogen functional groups attached to an aromatic ring is 1. The van der Waals surface area contributed by atoms with Crippen LogP contribution in [0.15, 0.2) is 30.0 Å². The molecule has 4 rings (SSSR count). The first-order valence-corrected chi connectivity index (χ1v) is 9.03. The van der Waals surface area contributed by atoms with Gasteiger partial charge in [-0.1, -0.05) is 11.6 Å². The molecule has 2 aromatic rings. The summed E-state index contributed by atoms with van der Waals surface area (Å²) < 4.78 is 37.3. The standard InChI is InChI=1S/C19H22F2N4O2/c1-10(2)25-15(17-12-4-3-5-26-9-13(12)17)7-14(24-25)11-6-16(27-19(20)21)18(22)23-8-11/h4,6-8,10,13,17,19H,3,5,9H2,1-2H3,(H2,22,23). The molecule has 1 aliphatic heterocycles. The smallest absolute Gasteiger partial charge is 0.387 e. The monoisotopic (exact) mass is 376 g/mol. The van der Waals surface area contributed by atoms with Gasteiger partial charge in [0.15, 0.2) is 11.6 Å². The van der Waals surface area contributed by atoms with Gasteiger partial charge in [0.2, 0.25) is 0 Å². The lowest BCUT2D eigenvalue weighted by atomic mass is 10.1. The maximum absolute atomic E-state index is 12.6. The van der Waals surface area contributed by atoms with Gasteiger partial charge in [0.25, 0.3) is 0 Å². The predicted octanol–water partition coefficient (Wildman–Crippen LogP) is 3.77. The third-order valence-electron chi connectivity index (χ3n) is 4.99. The molecule has 0 spiro atoms. The Labute approximate surface area is 156 Å². The molecule has 0 radical (unpaired) electrons. The average molecular weight is 376 g/mol. The van der Waals surface area contributed by atoms with Crippen LogP contribution in [-0.4, -0.2) is 34.6 Å². The van der Waals surface area contributed by atoms with Gasteiger partial charge in [0.1, 0.15) is 0 Å². The summed E-state index contributed by atoms with van der Waals surface area (Å²) in [4.78, 5) is 3.98. The fourth-order valence-electron chi connectivity index (χ4n) is 3.69. The molecule has 0 saturated heterocycles. The van der Waals surface area contributed by atoms with Crippen LogP contribution in [-0.2, 0) is 4.74 Å². The van der Waals surface area contributed by atoms with Gasteiger partial charge in [0.05, 0.1) is 18.9 Å². The minimum absolute atomic E-state index is 0.0747. The van der Waals surface area contributed by atoms with Gasteiger partial charge >= 0.3 is 6.61 Å². The average Bonchev–Trinajstić information content (AvgIpc) is 3.19. The summed E-state index contributed by atoms with van der Waals surface area (Å²) in [6.07, 6.45) is 4.72.